The van der Waals surface area contributed by atoms with Gasteiger partial charge in [0.25, 0.3) is 0 Å². The summed E-state index contributed by atoms with van der Waals surface area (Å²) in [6.07, 6.45) is 10.9. The zero-order valence-electron chi connectivity index (χ0n) is 14.8. The number of piperidine rings is 1. The second kappa shape index (κ2) is 6.36. The maximum absolute atomic E-state index is 5.53. The van der Waals surface area contributed by atoms with Crippen LogP contribution in [0.25, 0.3) is 0 Å². The molecule has 2 aromatic heterocycles. The summed E-state index contributed by atoms with van der Waals surface area (Å²) in [5.41, 5.74) is 4.56. The van der Waals surface area contributed by atoms with Crippen LogP contribution in [0.1, 0.15) is 47.6 Å². The number of hydrogen-bond acceptors (Lipinski definition) is 4. The molecule has 1 unspecified atom stereocenters. The van der Waals surface area contributed by atoms with Crippen molar-refractivity contribution in [2.45, 2.75) is 37.1 Å². The molecule has 0 radical (unpaired) electrons. The van der Waals surface area contributed by atoms with E-state index in [-0.39, 0.29) is 5.41 Å². The summed E-state index contributed by atoms with van der Waals surface area (Å²) >= 11 is 0. The Morgan fingerprint density at radius 3 is 2.62 bits per heavy atom. The molecule has 5 rings (SSSR count). The van der Waals surface area contributed by atoms with Crippen molar-refractivity contribution in [3.8, 4) is 0 Å². The van der Waals surface area contributed by atoms with Crippen molar-refractivity contribution in [1.29, 1.82) is 0 Å². The molecule has 0 bridgehead atoms. The molecule has 0 amide bonds. The summed E-state index contributed by atoms with van der Waals surface area (Å²) < 4.78 is 5.53. The summed E-state index contributed by atoms with van der Waals surface area (Å²) in [6.45, 7) is 3.15. The van der Waals surface area contributed by atoms with Crippen LogP contribution in [0.3, 0.4) is 0 Å². The first kappa shape index (κ1) is 15.8. The van der Waals surface area contributed by atoms with E-state index in [1.165, 1.54) is 30.4 Å². The van der Waals surface area contributed by atoms with E-state index in [1.807, 2.05) is 18.5 Å². The zero-order valence-corrected chi connectivity index (χ0v) is 14.8. The van der Waals surface area contributed by atoms with E-state index >= 15 is 0 Å². The van der Waals surface area contributed by atoms with E-state index in [0.29, 0.717) is 5.92 Å². The van der Waals surface area contributed by atoms with E-state index < -0.39 is 0 Å². The van der Waals surface area contributed by atoms with Crippen molar-refractivity contribution in [1.82, 2.24) is 14.9 Å². The molecule has 1 atom stereocenters. The molecular formula is C22H23N3O. The van der Waals surface area contributed by atoms with Crippen LogP contribution in [-0.4, -0.2) is 28.0 Å². The molecule has 1 aliphatic heterocycles. The van der Waals surface area contributed by atoms with Gasteiger partial charge < -0.3 is 4.42 Å². The molecule has 1 aliphatic carbocycles. The number of furan rings is 1. The van der Waals surface area contributed by atoms with Crippen LogP contribution in [0.4, 0.5) is 0 Å². The molecule has 4 nitrogen and oxygen atoms in total. The number of hydrogen-bond donors (Lipinski definition) is 0. The van der Waals surface area contributed by atoms with Crippen LogP contribution in [0.15, 0.2) is 65.8 Å². The fourth-order valence-electron chi connectivity index (χ4n) is 4.92. The highest BCUT2D eigenvalue weighted by molar-refractivity contribution is 5.47. The van der Waals surface area contributed by atoms with Crippen molar-refractivity contribution in [3.63, 3.8) is 0 Å². The monoisotopic (exact) mass is 345 g/mol. The predicted octanol–water partition coefficient (Wildman–Crippen LogP) is 4.14. The molecule has 1 spiro atoms. The highest BCUT2D eigenvalue weighted by atomic mass is 16.3. The van der Waals surface area contributed by atoms with E-state index in [0.717, 1.165) is 25.4 Å². The fraction of sp³-hybridized carbons (Fsp3) is 0.364. The number of benzene rings is 1. The van der Waals surface area contributed by atoms with Gasteiger partial charge in [0, 0.05) is 18.3 Å². The van der Waals surface area contributed by atoms with Gasteiger partial charge in [-0.1, -0.05) is 24.3 Å². The SMILES string of the molecule is c1coc(CN2CCC3(CC2)CC(c2cncnc2)c2ccccc23)c1. The molecule has 3 aromatic rings. The first-order valence-electron chi connectivity index (χ1n) is 9.43. The minimum absolute atomic E-state index is 0.288. The van der Waals surface area contributed by atoms with Crippen LogP contribution >= 0.6 is 0 Å². The number of rotatable bonds is 3. The van der Waals surface area contributed by atoms with Gasteiger partial charge in [0.15, 0.2) is 0 Å². The highest BCUT2D eigenvalue weighted by Crippen LogP contribution is 2.53. The molecular weight excluding hydrogens is 322 g/mol. The van der Waals surface area contributed by atoms with Crippen molar-refractivity contribution < 1.29 is 4.42 Å². The Kier molecular flexibility index (Phi) is 3.86. The Labute approximate surface area is 153 Å². The number of nitrogens with zero attached hydrogens (tertiary/aromatic N) is 3. The number of likely N-dealkylation sites (tertiary alicyclic amines) is 1. The third-order valence-corrected chi connectivity index (χ3v) is 6.26. The van der Waals surface area contributed by atoms with Gasteiger partial charge in [-0.05, 0) is 66.6 Å². The third-order valence-electron chi connectivity index (χ3n) is 6.26. The van der Waals surface area contributed by atoms with Crippen LogP contribution in [0.5, 0.6) is 0 Å². The molecule has 26 heavy (non-hydrogen) atoms. The quantitative estimate of drug-likeness (QED) is 0.715. The second-order valence-corrected chi connectivity index (χ2v) is 7.65. The van der Waals surface area contributed by atoms with E-state index in [4.69, 9.17) is 4.42 Å². The van der Waals surface area contributed by atoms with Crippen LogP contribution in [-0.2, 0) is 12.0 Å². The van der Waals surface area contributed by atoms with E-state index in [9.17, 15) is 0 Å². The second-order valence-electron chi connectivity index (χ2n) is 7.65. The van der Waals surface area contributed by atoms with Gasteiger partial charge in [-0.15, -0.1) is 0 Å². The first-order valence-corrected chi connectivity index (χ1v) is 9.43. The summed E-state index contributed by atoms with van der Waals surface area (Å²) in [6, 6.07) is 13.1. The average Bonchev–Trinajstić information content (AvgIpc) is 3.32. The van der Waals surface area contributed by atoms with Crippen LogP contribution in [0.2, 0.25) is 0 Å². The van der Waals surface area contributed by atoms with Gasteiger partial charge in [-0.3, -0.25) is 4.90 Å². The molecule has 132 valence electrons. The summed E-state index contributed by atoms with van der Waals surface area (Å²) in [4.78, 5) is 11.0. The van der Waals surface area contributed by atoms with Crippen molar-refractivity contribution >= 4 is 0 Å². The maximum atomic E-state index is 5.53. The molecule has 1 saturated heterocycles. The van der Waals surface area contributed by atoms with Crippen molar-refractivity contribution in [2.75, 3.05) is 13.1 Å². The number of fused-ring (bicyclic) bond motifs is 2. The molecule has 0 N–H and O–H groups in total. The van der Waals surface area contributed by atoms with Crippen molar-refractivity contribution in [3.05, 3.63) is 83.8 Å². The van der Waals surface area contributed by atoms with E-state index in [1.54, 1.807) is 18.2 Å². The zero-order chi connectivity index (χ0) is 17.4. The lowest BCUT2D eigenvalue weighted by Gasteiger charge is -2.40. The average molecular weight is 345 g/mol. The maximum Gasteiger partial charge on any atom is 0.117 e. The van der Waals surface area contributed by atoms with Crippen LogP contribution < -0.4 is 0 Å². The minimum atomic E-state index is 0.288. The van der Waals surface area contributed by atoms with Crippen LogP contribution in [0, 0.1) is 0 Å². The molecule has 0 saturated carbocycles. The lowest BCUT2D eigenvalue weighted by atomic mass is 9.73. The van der Waals surface area contributed by atoms with Gasteiger partial charge in [-0.25, -0.2) is 9.97 Å². The first-order chi connectivity index (χ1) is 12.8. The van der Waals surface area contributed by atoms with Gasteiger partial charge in [0.05, 0.1) is 12.8 Å². The van der Waals surface area contributed by atoms with Gasteiger partial charge in [0.1, 0.15) is 12.1 Å². The van der Waals surface area contributed by atoms with Gasteiger partial charge >= 0.3 is 0 Å². The summed E-state index contributed by atoms with van der Waals surface area (Å²) in [5.74, 6) is 1.48. The predicted molar refractivity (Wildman–Crippen MR) is 99.8 cm³/mol. The Hall–Kier alpha value is -2.46. The van der Waals surface area contributed by atoms with Gasteiger partial charge in [-0.2, -0.15) is 0 Å². The standard InChI is InChI=1S/C22H23N3O/c1-2-6-21-19(5-1)20(17-13-23-16-24-14-17)12-22(21)7-9-25(10-8-22)15-18-4-3-11-26-18/h1-6,11,13-14,16,20H,7-10,12,15H2. The smallest absolute Gasteiger partial charge is 0.117 e. The van der Waals surface area contributed by atoms with Gasteiger partial charge in [0.2, 0.25) is 0 Å². The summed E-state index contributed by atoms with van der Waals surface area (Å²) in [7, 11) is 0. The fourth-order valence-corrected chi connectivity index (χ4v) is 4.92. The lowest BCUT2D eigenvalue weighted by Crippen LogP contribution is -2.41. The third kappa shape index (κ3) is 2.65. The Bertz CT molecular complexity index is 867. The Morgan fingerprint density at radius 1 is 1.04 bits per heavy atom. The molecule has 2 aliphatic rings. The summed E-state index contributed by atoms with van der Waals surface area (Å²) in [5, 5.41) is 0. The topological polar surface area (TPSA) is 42.2 Å². The van der Waals surface area contributed by atoms with E-state index in [2.05, 4.69) is 45.2 Å². The minimum Gasteiger partial charge on any atom is -0.468 e. The molecule has 1 fully saturated rings. The lowest BCUT2D eigenvalue weighted by molar-refractivity contribution is 0.142. The highest BCUT2D eigenvalue weighted by Gasteiger charge is 2.45. The molecule has 4 heteroatoms. The molecule has 3 heterocycles. The molecule has 1 aromatic carbocycles. The normalized spacial score (nSPS) is 21.8. The Morgan fingerprint density at radius 2 is 1.85 bits per heavy atom. The number of aromatic nitrogens is 2. The largest absolute Gasteiger partial charge is 0.468 e. The Balaban J connectivity index is 1.40. The van der Waals surface area contributed by atoms with Crippen molar-refractivity contribution in [2.24, 2.45) is 0 Å².